The van der Waals surface area contributed by atoms with Gasteiger partial charge >= 0.3 is 0 Å². The Hall–Kier alpha value is -2.20. The average Bonchev–Trinajstić information content (AvgIpc) is 2.55. The summed E-state index contributed by atoms with van der Waals surface area (Å²) in [4.78, 5) is 0. The van der Waals surface area contributed by atoms with Gasteiger partial charge in [-0.3, -0.25) is 0 Å². The largest absolute Gasteiger partial charge is 0.496 e. The molecule has 0 aliphatic carbocycles. The molecule has 0 aliphatic heterocycles. The van der Waals surface area contributed by atoms with Gasteiger partial charge in [0.05, 0.1) is 26.9 Å². The monoisotopic (exact) mass is 288 g/mol. The fraction of sp³-hybridized carbons (Fsp3) is 0.294. The van der Waals surface area contributed by atoms with Crippen molar-refractivity contribution in [1.82, 2.24) is 0 Å². The molecular weight excluding hydrogens is 268 g/mol. The van der Waals surface area contributed by atoms with Crippen LogP contribution in [0.1, 0.15) is 18.1 Å². The SMILES string of the molecule is COc1cc(OC)cc(OCCC(O)c2ccccc2)c1. The van der Waals surface area contributed by atoms with Gasteiger partial charge in [-0.1, -0.05) is 30.3 Å². The summed E-state index contributed by atoms with van der Waals surface area (Å²) in [5.74, 6) is 2.01. The van der Waals surface area contributed by atoms with Crippen molar-refractivity contribution >= 4 is 0 Å². The molecule has 4 heteroatoms. The Labute approximate surface area is 124 Å². The molecule has 1 N–H and O–H groups in total. The number of rotatable bonds is 7. The van der Waals surface area contributed by atoms with Crippen molar-refractivity contribution < 1.29 is 19.3 Å². The van der Waals surface area contributed by atoms with E-state index in [0.29, 0.717) is 30.3 Å². The minimum atomic E-state index is -0.529. The molecule has 0 radical (unpaired) electrons. The third kappa shape index (κ3) is 4.39. The lowest BCUT2D eigenvalue weighted by molar-refractivity contribution is 0.140. The number of hydrogen-bond donors (Lipinski definition) is 1. The van der Waals surface area contributed by atoms with Crippen LogP contribution in [0, 0.1) is 0 Å². The van der Waals surface area contributed by atoms with Crippen LogP contribution in [0.15, 0.2) is 48.5 Å². The number of aliphatic hydroxyl groups excluding tert-OH is 1. The number of aliphatic hydroxyl groups is 1. The van der Waals surface area contributed by atoms with E-state index in [-0.39, 0.29) is 0 Å². The second kappa shape index (κ2) is 7.55. The first kappa shape index (κ1) is 15.2. The zero-order valence-corrected chi connectivity index (χ0v) is 12.3. The van der Waals surface area contributed by atoms with E-state index >= 15 is 0 Å². The number of ether oxygens (including phenoxy) is 3. The van der Waals surface area contributed by atoms with Crippen molar-refractivity contribution in [2.75, 3.05) is 20.8 Å². The maximum absolute atomic E-state index is 10.1. The topological polar surface area (TPSA) is 47.9 Å². The lowest BCUT2D eigenvalue weighted by atomic mass is 10.1. The van der Waals surface area contributed by atoms with E-state index in [9.17, 15) is 5.11 Å². The van der Waals surface area contributed by atoms with E-state index in [0.717, 1.165) is 5.56 Å². The van der Waals surface area contributed by atoms with E-state index in [1.807, 2.05) is 30.3 Å². The van der Waals surface area contributed by atoms with Crippen LogP contribution in [-0.4, -0.2) is 25.9 Å². The number of benzene rings is 2. The Morgan fingerprint density at radius 1 is 0.905 bits per heavy atom. The molecule has 0 fully saturated rings. The third-order valence-corrected chi connectivity index (χ3v) is 3.17. The first-order chi connectivity index (χ1) is 10.2. The predicted octanol–water partition coefficient (Wildman–Crippen LogP) is 3.21. The Morgan fingerprint density at radius 3 is 2.05 bits per heavy atom. The highest BCUT2D eigenvalue weighted by Crippen LogP contribution is 2.27. The minimum absolute atomic E-state index is 0.409. The molecule has 0 saturated carbocycles. The van der Waals surface area contributed by atoms with Gasteiger partial charge in [0.2, 0.25) is 0 Å². The highest BCUT2D eigenvalue weighted by atomic mass is 16.5. The molecule has 0 spiro atoms. The molecule has 1 unspecified atom stereocenters. The van der Waals surface area contributed by atoms with E-state index in [4.69, 9.17) is 14.2 Å². The normalized spacial score (nSPS) is 11.8. The molecular formula is C17H20O4. The lowest BCUT2D eigenvalue weighted by Gasteiger charge is -2.13. The van der Waals surface area contributed by atoms with Gasteiger partial charge in [-0.05, 0) is 5.56 Å². The summed E-state index contributed by atoms with van der Waals surface area (Å²) in [7, 11) is 3.19. The van der Waals surface area contributed by atoms with Crippen LogP contribution in [0.25, 0.3) is 0 Å². The van der Waals surface area contributed by atoms with Crippen molar-refractivity contribution in [2.24, 2.45) is 0 Å². The molecule has 2 aromatic carbocycles. The van der Waals surface area contributed by atoms with Crippen molar-refractivity contribution in [3.63, 3.8) is 0 Å². The van der Waals surface area contributed by atoms with Crippen molar-refractivity contribution in [3.05, 3.63) is 54.1 Å². The van der Waals surface area contributed by atoms with Crippen LogP contribution in [-0.2, 0) is 0 Å². The molecule has 1 atom stereocenters. The zero-order valence-electron chi connectivity index (χ0n) is 12.3. The number of methoxy groups -OCH3 is 2. The van der Waals surface area contributed by atoms with Crippen LogP contribution >= 0.6 is 0 Å². The number of hydrogen-bond acceptors (Lipinski definition) is 4. The maximum Gasteiger partial charge on any atom is 0.126 e. The molecule has 0 amide bonds. The summed E-state index contributed by atoms with van der Waals surface area (Å²) in [5.41, 5.74) is 0.893. The summed E-state index contributed by atoms with van der Waals surface area (Å²) >= 11 is 0. The standard InChI is InChI=1S/C17H20O4/c1-19-14-10-15(20-2)12-16(11-14)21-9-8-17(18)13-6-4-3-5-7-13/h3-7,10-12,17-18H,8-9H2,1-2H3. The predicted molar refractivity (Wildman–Crippen MR) is 81.1 cm³/mol. The van der Waals surface area contributed by atoms with E-state index in [1.165, 1.54) is 0 Å². The minimum Gasteiger partial charge on any atom is -0.496 e. The van der Waals surface area contributed by atoms with Gasteiger partial charge in [0.15, 0.2) is 0 Å². The fourth-order valence-electron chi connectivity index (χ4n) is 1.99. The molecule has 0 heterocycles. The summed E-state index contributed by atoms with van der Waals surface area (Å²) in [6, 6.07) is 14.9. The van der Waals surface area contributed by atoms with Gasteiger partial charge in [0.25, 0.3) is 0 Å². The second-order valence-corrected chi connectivity index (χ2v) is 4.61. The highest BCUT2D eigenvalue weighted by molar-refractivity contribution is 5.42. The van der Waals surface area contributed by atoms with Crippen LogP contribution in [0.2, 0.25) is 0 Å². The summed E-state index contributed by atoms with van der Waals surface area (Å²) < 4.78 is 16.0. The fourth-order valence-corrected chi connectivity index (χ4v) is 1.99. The molecule has 2 rings (SSSR count). The van der Waals surface area contributed by atoms with Gasteiger partial charge in [-0.15, -0.1) is 0 Å². The Balaban J connectivity index is 1.91. The maximum atomic E-state index is 10.1. The Morgan fingerprint density at radius 2 is 1.48 bits per heavy atom. The lowest BCUT2D eigenvalue weighted by Crippen LogP contribution is -2.05. The van der Waals surface area contributed by atoms with Crippen molar-refractivity contribution in [1.29, 1.82) is 0 Å². The van der Waals surface area contributed by atoms with Crippen LogP contribution < -0.4 is 14.2 Å². The first-order valence-electron chi connectivity index (χ1n) is 6.82. The second-order valence-electron chi connectivity index (χ2n) is 4.61. The molecule has 0 bridgehead atoms. The molecule has 0 aromatic heterocycles. The first-order valence-corrected chi connectivity index (χ1v) is 6.82. The van der Waals surface area contributed by atoms with E-state index in [2.05, 4.69) is 0 Å². The molecule has 0 saturated heterocycles. The van der Waals surface area contributed by atoms with Gasteiger partial charge in [-0.2, -0.15) is 0 Å². The smallest absolute Gasteiger partial charge is 0.126 e. The Bertz CT molecular complexity index is 532. The van der Waals surface area contributed by atoms with Crippen molar-refractivity contribution in [2.45, 2.75) is 12.5 Å². The molecule has 21 heavy (non-hydrogen) atoms. The van der Waals surface area contributed by atoms with Gasteiger partial charge in [-0.25, -0.2) is 0 Å². The third-order valence-electron chi connectivity index (χ3n) is 3.17. The Kier molecular flexibility index (Phi) is 5.46. The van der Waals surface area contributed by atoms with E-state index < -0.39 is 6.10 Å². The molecule has 0 aliphatic rings. The molecule has 112 valence electrons. The highest BCUT2D eigenvalue weighted by Gasteiger charge is 2.08. The van der Waals surface area contributed by atoms with Gasteiger partial charge < -0.3 is 19.3 Å². The van der Waals surface area contributed by atoms with Crippen LogP contribution in [0.3, 0.4) is 0 Å². The summed E-state index contributed by atoms with van der Waals surface area (Å²) in [6.07, 6.45) is -0.0116. The van der Waals surface area contributed by atoms with Gasteiger partial charge in [0.1, 0.15) is 17.2 Å². The molecule has 2 aromatic rings. The average molecular weight is 288 g/mol. The van der Waals surface area contributed by atoms with Crippen LogP contribution in [0.5, 0.6) is 17.2 Å². The van der Waals surface area contributed by atoms with Crippen molar-refractivity contribution in [3.8, 4) is 17.2 Å². The quantitative estimate of drug-likeness (QED) is 0.850. The van der Waals surface area contributed by atoms with E-state index in [1.54, 1.807) is 32.4 Å². The zero-order chi connectivity index (χ0) is 15.1. The summed E-state index contributed by atoms with van der Waals surface area (Å²) in [5, 5.41) is 10.1. The van der Waals surface area contributed by atoms with Gasteiger partial charge in [0, 0.05) is 24.6 Å². The molecule has 4 nitrogen and oxygen atoms in total. The van der Waals surface area contributed by atoms with Crippen LogP contribution in [0.4, 0.5) is 0 Å². The summed E-state index contributed by atoms with van der Waals surface area (Å²) in [6.45, 7) is 0.409.